The van der Waals surface area contributed by atoms with E-state index in [9.17, 15) is 9.59 Å². The van der Waals surface area contributed by atoms with E-state index >= 15 is 0 Å². The lowest BCUT2D eigenvalue weighted by molar-refractivity contribution is 0.0947. The van der Waals surface area contributed by atoms with Crippen molar-refractivity contribution in [3.8, 4) is 5.88 Å². The first-order valence-corrected chi connectivity index (χ1v) is 7.74. The van der Waals surface area contributed by atoms with Gasteiger partial charge in [-0.2, -0.15) is 5.10 Å². The summed E-state index contributed by atoms with van der Waals surface area (Å²) in [5.41, 5.74) is 1.67. The molecule has 0 unspecified atom stereocenters. The molecule has 2 rings (SSSR count). The SMILES string of the molecule is Cc1nn(C)c(=O)c(C(=O)NCc2cccnc2OC(C)C)c1C. The Hall–Kier alpha value is -2.70. The number of amides is 1. The Morgan fingerprint density at radius 2 is 2.08 bits per heavy atom. The van der Waals surface area contributed by atoms with Gasteiger partial charge in [0.2, 0.25) is 5.88 Å². The van der Waals surface area contributed by atoms with Crippen molar-refractivity contribution in [2.24, 2.45) is 7.05 Å². The molecule has 0 aliphatic heterocycles. The van der Waals surface area contributed by atoms with Gasteiger partial charge in [-0.25, -0.2) is 9.67 Å². The van der Waals surface area contributed by atoms with Crippen molar-refractivity contribution in [3.63, 3.8) is 0 Å². The molecule has 0 aliphatic rings. The van der Waals surface area contributed by atoms with Crippen LogP contribution in [0.2, 0.25) is 0 Å². The first-order chi connectivity index (χ1) is 11.3. The van der Waals surface area contributed by atoms with Crippen molar-refractivity contribution in [2.75, 3.05) is 0 Å². The minimum absolute atomic E-state index is 0.0215. The van der Waals surface area contributed by atoms with E-state index in [1.807, 2.05) is 19.9 Å². The smallest absolute Gasteiger partial charge is 0.279 e. The summed E-state index contributed by atoms with van der Waals surface area (Å²) >= 11 is 0. The van der Waals surface area contributed by atoms with Crippen LogP contribution in [0.15, 0.2) is 23.1 Å². The van der Waals surface area contributed by atoms with Gasteiger partial charge in [0.05, 0.1) is 11.8 Å². The molecule has 0 saturated heterocycles. The third kappa shape index (κ3) is 3.79. The van der Waals surface area contributed by atoms with Crippen LogP contribution < -0.4 is 15.6 Å². The molecule has 0 fully saturated rings. The quantitative estimate of drug-likeness (QED) is 0.898. The van der Waals surface area contributed by atoms with Crippen LogP contribution in [0.1, 0.15) is 41.0 Å². The summed E-state index contributed by atoms with van der Waals surface area (Å²) < 4.78 is 6.81. The summed E-state index contributed by atoms with van der Waals surface area (Å²) in [6.07, 6.45) is 1.61. The molecule has 2 heterocycles. The van der Waals surface area contributed by atoms with Gasteiger partial charge in [0, 0.05) is 25.4 Å². The zero-order valence-corrected chi connectivity index (χ0v) is 14.6. The summed E-state index contributed by atoms with van der Waals surface area (Å²) in [5, 5.41) is 6.84. The third-order valence-corrected chi connectivity index (χ3v) is 3.59. The molecule has 24 heavy (non-hydrogen) atoms. The highest BCUT2D eigenvalue weighted by Crippen LogP contribution is 2.16. The Bertz CT molecular complexity index is 812. The van der Waals surface area contributed by atoms with Gasteiger partial charge in [-0.3, -0.25) is 9.59 Å². The number of aryl methyl sites for hydroxylation is 2. The Kier molecular flexibility index (Phi) is 5.33. The summed E-state index contributed by atoms with van der Waals surface area (Å²) in [5.74, 6) is 0.0429. The number of hydrogen-bond donors (Lipinski definition) is 1. The molecule has 0 radical (unpaired) electrons. The minimum Gasteiger partial charge on any atom is -0.475 e. The van der Waals surface area contributed by atoms with E-state index in [1.54, 1.807) is 26.1 Å². The molecule has 128 valence electrons. The van der Waals surface area contributed by atoms with Gasteiger partial charge < -0.3 is 10.1 Å². The Morgan fingerprint density at radius 3 is 2.75 bits per heavy atom. The van der Waals surface area contributed by atoms with Gasteiger partial charge in [0.25, 0.3) is 11.5 Å². The van der Waals surface area contributed by atoms with Crippen LogP contribution in [-0.2, 0) is 13.6 Å². The van der Waals surface area contributed by atoms with Gasteiger partial charge >= 0.3 is 0 Å². The van der Waals surface area contributed by atoms with Crippen molar-refractivity contribution < 1.29 is 9.53 Å². The van der Waals surface area contributed by atoms with Crippen molar-refractivity contribution in [1.82, 2.24) is 20.1 Å². The molecular formula is C17H22N4O3. The molecule has 0 atom stereocenters. The average molecular weight is 330 g/mol. The first kappa shape index (κ1) is 17.7. The zero-order chi connectivity index (χ0) is 17.9. The maximum atomic E-state index is 12.5. The second-order valence-corrected chi connectivity index (χ2v) is 5.83. The largest absolute Gasteiger partial charge is 0.475 e. The van der Waals surface area contributed by atoms with Crippen LogP contribution in [0.4, 0.5) is 0 Å². The first-order valence-electron chi connectivity index (χ1n) is 7.74. The molecular weight excluding hydrogens is 308 g/mol. The highest BCUT2D eigenvalue weighted by Gasteiger charge is 2.18. The molecule has 7 heteroatoms. The van der Waals surface area contributed by atoms with Crippen LogP contribution in [0.25, 0.3) is 0 Å². The number of ether oxygens (including phenoxy) is 1. The summed E-state index contributed by atoms with van der Waals surface area (Å²) in [6.45, 7) is 7.52. The second kappa shape index (κ2) is 7.25. The van der Waals surface area contributed by atoms with Gasteiger partial charge in [-0.05, 0) is 39.3 Å². The maximum absolute atomic E-state index is 12.5. The number of carbonyl (C=O) groups excluding carboxylic acids is 1. The van der Waals surface area contributed by atoms with Crippen molar-refractivity contribution in [2.45, 2.75) is 40.3 Å². The fourth-order valence-electron chi connectivity index (χ4n) is 2.27. The Morgan fingerprint density at radius 1 is 1.38 bits per heavy atom. The van der Waals surface area contributed by atoms with Crippen LogP contribution in [-0.4, -0.2) is 26.8 Å². The molecule has 7 nitrogen and oxygen atoms in total. The zero-order valence-electron chi connectivity index (χ0n) is 14.6. The van der Waals surface area contributed by atoms with Gasteiger partial charge in [-0.1, -0.05) is 6.07 Å². The third-order valence-electron chi connectivity index (χ3n) is 3.59. The van der Waals surface area contributed by atoms with Crippen LogP contribution in [0.3, 0.4) is 0 Å². The molecule has 2 aromatic heterocycles. The van der Waals surface area contributed by atoms with Crippen LogP contribution in [0, 0.1) is 13.8 Å². The number of carbonyl (C=O) groups is 1. The fourth-order valence-corrected chi connectivity index (χ4v) is 2.27. The topological polar surface area (TPSA) is 86.1 Å². The molecule has 0 saturated carbocycles. The maximum Gasteiger partial charge on any atom is 0.279 e. The lowest BCUT2D eigenvalue weighted by Gasteiger charge is -2.14. The highest BCUT2D eigenvalue weighted by atomic mass is 16.5. The monoisotopic (exact) mass is 330 g/mol. The molecule has 0 aromatic carbocycles. The van der Waals surface area contributed by atoms with E-state index < -0.39 is 11.5 Å². The lowest BCUT2D eigenvalue weighted by Crippen LogP contribution is -2.35. The molecule has 0 bridgehead atoms. The number of hydrogen-bond acceptors (Lipinski definition) is 5. The molecule has 0 spiro atoms. The minimum atomic E-state index is -0.432. The van der Waals surface area contributed by atoms with Gasteiger partial charge in [-0.15, -0.1) is 0 Å². The molecule has 1 amide bonds. The van der Waals surface area contributed by atoms with Gasteiger partial charge in [0.1, 0.15) is 5.56 Å². The predicted molar refractivity (Wildman–Crippen MR) is 90.1 cm³/mol. The van der Waals surface area contributed by atoms with E-state index in [0.29, 0.717) is 17.1 Å². The number of rotatable bonds is 5. The lowest BCUT2D eigenvalue weighted by atomic mass is 10.1. The molecule has 0 aliphatic carbocycles. The average Bonchev–Trinajstić information content (AvgIpc) is 2.52. The Labute approximate surface area is 140 Å². The van der Waals surface area contributed by atoms with E-state index in [4.69, 9.17) is 4.74 Å². The number of pyridine rings is 1. The molecule has 2 aromatic rings. The van der Waals surface area contributed by atoms with Crippen LogP contribution >= 0.6 is 0 Å². The van der Waals surface area contributed by atoms with Crippen LogP contribution in [0.5, 0.6) is 5.88 Å². The summed E-state index contributed by atoms with van der Waals surface area (Å²) in [4.78, 5) is 28.9. The van der Waals surface area contributed by atoms with E-state index in [0.717, 1.165) is 5.56 Å². The number of nitrogens with one attached hydrogen (secondary N) is 1. The summed E-state index contributed by atoms with van der Waals surface area (Å²) in [6, 6.07) is 3.60. The standard InChI is InChI=1S/C17H22N4O3/c1-10(2)24-16-13(7-6-8-18-16)9-19-15(22)14-11(3)12(4)20-21(5)17(14)23/h6-8,10H,9H2,1-5H3,(H,19,22). The molecule has 1 N–H and O–H groups in total. The predicted octanol–water partition coefficient (Wildman–Crippen LogP) is 1.51. The van der Waals surface area contributed by atoms with E-state index in [-0.39, 0.29) is 18.2 Å². The van der Waals surface area contributed by atoms with Crippen molar-refractivity contribution >= 4 is 5.91 Å². The van der Waals surface area contributed by atoms with Crippen molar-refractivity contribution in [1.29, 1.82) is 0 Å². The Balaban J connectivity index is 2.23. The normalized spacial score (nSPS) is 10.8. The van der Waals surface area contributed by atoms with E-state index in [2.05, 4.69) is 15.4 Å². The number of aromatic nitrogens is 3. The van der Waals surface area contributed by atoms with E-state index in [1.165, 1.54) is 11.7 Å². The summed E-state index contributed by atoms with van der Waals surface area (Å²) in [7, 11) is 1.53. The second-order valence-electron chi connectivity index (χ2n) is 5.83. The number of nitrogens with zero attached hydrogens (tertiary/aromatic N) is 3. The van der Waals surface area contributed by atoms with Gasteiger partial charge in [0.15, 0.2) is 0 Å². The fraction of sp³-hybridized carbons (Fsp3) is 0.412. The van der Waals surface area contributed by atoms with Crippen molar-refractivity contribution in [3.05, 3.63) is 51.1 Å². The highest BCUT2D eigenvalue weighted by molar-refractivity contribution is 5.95.